The normalized spacial score (nSPS) is 11.7. The quantitative estimate of drug-likeness (QED) is 0.691. The van der Waals surface area contributed by atoms with Gasteiger partial charge in [0.2, 0.25) is 0 Å². The van der Waals surface area contributed by atoms with E-state index in [1.54, 1.807) is 18.3 Å². The number of aromatic hydroxyl groups is 1. The zero-order chi connectivity index (χ0) is 16.7. The van der Waals surface area contributed by atoms with Crippen molar-refractivity contribution in [2.75, 3.05) is 0 Å². The molecule has 0 fully saturated rings. The molecular formula is C17H17BrN4O. The van der Waals surface area contributed by atoms with Gasteiger partial charge >= 0.3 is 0 Å². The van der Waals surface area contributed by atoms with Crippen molar-refractivity contribution in [2.45, 2.75) is 27.7 Å². The molecule has 0 saturated carbocycles. The Labute approximate surface area is 142 Å². The van der Waals surface area contributed by atoms with Crippen LogP contribution in [-0.2, 0) is 0 Å². The molecule has 6 heteroatoms. The molecule has 0 atom stereocenters. The maximum Gasteiger partial charge on any atom is 0.124 e. The van der Waals surface area contributed by atoms with E-state index in [0.29, 0.717) is 5.56 Å². The predicted octanol–water partition coefficient (Wildman–Crippen LogP) is 4.02. The predicted molar refractivity (Wildman–Crippen MR) is 95.3 cm³/mol. The van der Waals surface area contributed by atoms with Gasteiger partial charge in [-0.2, -0.15) is 15.3 Å². The average molecular weight is 373 g/mol. The second-order valence-electron chi connectivity index (χ2n) is 5.55. The van der Waals surface area contributed by atoms with Crippen molar-refractivity contribution in [3.8, 4) is 5.75 Å². The lowest BCUT2D eigenvalue weighted by molar-refractivity contribution is 0.474. The third kappa shape index (κ3) is 2.63. The molecule has 0 aliphatic rings. The average Bonchev–Trinajstić information content (AvgIpc) is 2.77. The molecule has 0 unspecified atom stereocenters. The molecule has 0 aliphatic carbocycles. The van der Waals surface area contributed by atoms with Gasteiger partial charge in [-0.05, 0) is 45.9 Å². The van der Waals surface area contributed by atoms with Crippen LogP contribution in [0.5, 0.6) is 5.75 Å². The molecule has 23 heavy (non-hydrogen) atoms. The summed E-state index contributed by atoms with van der Waals surface area (Å²) in [6.07, 6.45) is 1.66. The van der Waals surface area contributed by atoms with E-state index in [2.05, 4.69) is 31.2 Å². The molecule has 0 bridgehead atoms. The minimum atomic E-state index is 0.194. The summed E-state index contributed by atoms with van der Waals surface area (Å²) in [5.74, 6) is 0.194. The first-order valence-corrected chi connectivity index (χ1v) is 8.03. The highest BCUT2D eigenvalue weighted by Crippen LogP contribution is 2.29. The number of aryl methyl sites for hydroxylation is 4. The lowest BCUT2D eigenvalue weighted by Crippen LogP contribution is -1.96. The number of nitrogens with zero attached hydrogens (tertiary/aromatic N) is 4. The highest BCUT2D eigenvalue weighted by atomic mass is 79.9. The van der Waals surface area contributed by atoms with Gasteiger partial charge in [0, 0.05) is 32.2 Å². The Balaban J connectivity index is 2.18. The summed E-state index contributed by atoms with van der Waals surface area (Å²) in [5.41, 5.74) is 4.47. The largest absolute Gasteiger partial charge is 0.507 e. The Morgan fingerprint density at radius 3 is 2.17 bits per heavy atom. The molecule has 0 saturated heterocycles. The van der Waals surface area contributed by atoms with Crippen LogP contribution in [0.1, 0.15) is 28.3 Å². The van der Waals surface area contributed by atoms with Gasteiger partial charge in [-0.25, -0.2) is 4.68 Å². The van der Waals surface area contributed by atoms with Crippen LogP contribution in [0.4, 0.5) is 0 Å². The van der Waals surface area contributed by atoms with Crippen LogP contribution in [0.25, 0.3) is 10.8 Å². The van der Waals surface area contributed by atoms with Crippen LogP contribution in [-0.4, -0.2) is 26.2 Å². The van der Waals surface area contributed by atoms with Crippen molar-refractivity contribution in [2.24, 2.45) is 5.10 Å². The first-order chi connectivity index (χ1) is 10.9. The van der Waals surface area contributed by atoms with Gasteiger partial charge in [-0.15, -0.1) is 0 Å². The molecule has 1 N–H and O–H groups in total. The molecule has 0 spiro atoms. The van der Waals surface area contributed by atoms with Crippen LogP contribution < -0.4 is 0 Å². The number of benzene rings is 1. The van der Waals surface area contributed by atoms with Crippen LogP contribution in [0, 0.1) is 27.7 Å². The fourth-order valence-corrected chi connectivity index (χ4v) is 3.26. The molecular weight excluding hydrogens is 356 g/mol. The Hall–Kier alpha value is -2.21. The van der Waals surface area contributed by atoms with Crippen molar-refractivity contribution in [1.82, 2.24) is 14.9 Å². The molecule has 0 aliphatic heterocycles. The van der Waals surface area contributed by atoms with Crippen molar-refractivity contribution in [3.05, 3.63) is 51.0 Å². The fourth-order valence-electron chi connectivity index (χ4n) is 2.88. The summed E-state index contributed by atoms with van der Waals surface area (Å²) in [7, 11) is 0. The van der Waals surface area contributed by atoms with E-state index in [-0.39, 0.29) is 5.75 Å². The third-order valence-electron chi connectivity index (χ3n) is 3.98. The van der Waals surface area contributed by atoms with Gasteiger partial charge in [0.05, 0.1) is 17.6 Å². The SMILES string of the molecule is Cc1nnc(C)c2c(C)n(N=Cc3cc(Br)ccc3O)c(C)c12. The van der Waals surface area contributed by atoms with E-state index in [0.717, 1.165) is 38.0 Å². The highest BCUT2D eigenvalue weighted by molar-refractivity contribution is 9.10. The first kappa shape index (κ1) is 15.7. The maximum atomic E-state index is 9.94. The van der Waals surface area contributed by atoms with Gasteiger partial charge < -0.3 is 5.11 Å². The first-order valence-electron chi connectivity index (χ1n) is 7.24. The summed E-state index contributed by atoms with van der Waals surface area (Å²) in [5, 5.41) is 25.1. The number of halogens is 1. The second kappa shape index (κ2) is 5.77. The molecule has 3 aromatic rings. The van der Waals surface area contributed by atoms with E-state index in [4.69, 9.17) is 0 Å². The van der Waals surface area contributed by atoms with Crippen LogP contribution in [0.15, 0.2) is 27.8 Å². The van der Waals surface area contributed by atoms with Crippen LogP contribution >= 0.6 is 15.9 Å². The minimum Gasteiger partial charge on any atom is -0.507 e. The molecule has 1 aromatic carbocycles. The van der Waals surface area contributed by atoms with E-state index in [9.17, 15) is 5.11 Å². The van der Waals surface area contributed by atoms with Crippen LogP contribution in [0.2, 0.25) is 0 Å². The molecule has 0 amide bonds. The van der Waals surface area contributed by atoms with E-state index in [1.165, 1.54) is 0 Å². The van der Waals surface area contributed by atoms with Gasteiger partial charge in [0.1, 0.15) is 5.75 Å². The van der Waals surface area contributed by atoms with E-state index < -0.39 is 0 Å². The van der Waals surface area contributed by atoms with Crippen molar-refractivity contribution >= 4 is 32.9 Å². The highest BCUT2D eigenvalue weighted by Gasteiger charge is 2.16. The topological polar surface area (TPSA) is 63.3 Å². The number of phenolic OH excluding ortho intramolecular Hbond substituents is 1. The lowest BCUT2D eigenvalue weighted by atomic mass is 10.1. The number of fused-ring (bicyclic) bond motifs is 1. The monoisotopic (exact) mass is 372 g/mol. The van der Waals surface area contributed by atoms with Crippen molar-refractivity contribution in [3.63, 3.8) is 0 Å². The Morgan fingerprint density at radius 1 is 1.04 bits per heavy atom. The molecule has 2 aromatic heterocycles. The van der Waals surface area contributed by atoms with Gasteiger partial charge in [0.25, 0.3) is 0 Å². The summed E-state index contributed by atoms with van der Waals surface area (Å²) < 4.78 is 2.76. The summed E-state index contributed by atoms with van der Waals surface area (Å²) in [6, 6.07) is 5.25. The van der Waals surface area contributed by atoms with Crippen molar-refractivity contribution < 1.29 is 5.11 Å². The standard InChI is InChI=1S/C17H17BrN4O/c1-9-16-11(3)22(12(4)17(16)10(2)21-20-9)19-8-13-7-14(18)5-6-15(13)23/h5-8,23H,1-4H3. The third-order valence-corrected chi connectivity index (χ3v) is 4.48. The number of aromatic nitrogens is 3. The van der Waals surface area contributed by atoms with E-state index >= 15 is 0 Å². The zero-order valence-corrected chi connectivity index (χ0v) is 15.0. The molecule has 2 heterocycles. The van der Waals surface area contributed by atoms with Gasteiger partial charge in [-0.3, -0.25) is 0 Å². The number of hydrogen-bond donors (Lipinski definition) is 1. The Bertz CT molecular complexity index is 899. The summed E-state index contributed by atoms with van der Waals surface area (Å²) >= 11 is 3.40. The van der Waals surface area contributed by atoms with Gasteiger partial charge in [0.15, 0.2) is 0 Å². The lowest BCUT2D eigenvalue weighted by Gasteiger charge is -2.03. The summed E-state index contributed by atoms with van der Waals surface area (Å²) in [6.45, 7) is 7.94. The van der Waals surface area contributed by atoms with Crippen LogP contribution in [0.3, 0.4) is 0 Å². The number of hydrogen-bond acceptors (Lipinski definition) is 4. The Morgan fingerprint density at radius 2 is 1.61 bits per heavy atom. The number of phenols is 1. The zero-order valence-electron chi connectivity index (χ0n) is 13.4. The number of rotatable bonds is 2. The van der Waals surface area contributed by atoms with Gasteiger partial charge in [-0.1, -0.05) is 15.9 Å². The molecule has 5 nitrogen and oxygen atoms in total. The van der Waals surface area contributed by atoms with E-state index in [1.807, 2.05) is 38.4 Å². The maximum absolute atomic E-state index is 9.94. The molecule has 118 valence electrons. The Kier molecular flexibility index (Phi) is 3.93. The smallest absolute Gasteiger partial charge is 0.124 e. The molecule has 3 rings (SSSR count). The van der Waals surface area contributed by atoms with Crippen molar-refractivity contribution in [1.29, 1.82) is 0 Å². The molecule has 0 radical (unpaired) electrons. The summed E-state index contributed by atoms with van der Waals surface area (Å²) in [4.78, 5) is 0. The second-order valence-corrected chi connectivity index (χ2v) is 6.47. The minimum absolute atomic E-state index is 0.194. The fraction of sp³-hybridized carbons (Fsp3) is 0.235.